The van der Waals surface area contributed by atoms with Crippen molar-refractivity contribution in [2.24, 2.45) is 0 Å². The summed E-state index contributed by atoms with van der Waals surface area (Å²) in [4.78, 5) is 23.4. The molecule has 0 radical (unpaired) electrons. The maximum atomic E-state index is 12.4. The fourth-order valence-electron chi connectivity index (χ4n) is 3.80. The Balaban J connectivity index is 3.85. The lowest BCUT2D eigenvalue weighted by molar-refractivity contribution is -0.875. The fraction of sp³-hybridized carbons (Fsp3) is 0.913. The topological polar surface area (TPSA) is 77.4 Å². The lowest BCUT2D eigenvalue weighted by Crippen LogP contribution is -2.56. The SMILES string of the molecule is CCCCCCCCCCCCCCCC(=O)C(O)(CC(=O)[O-])C[N+](C)(C)C. The first-order valence-electron chi connectivity index (χ1n) is 11.4. The van der Waals surface area contributed by atoms with Crippen LogP contribution in [0.5, 0.6) is 0 Å². The van der Waals surface area contributed by atoms with E-state index in [9.17, 15) is 19.8 Å². The van der Waals surface area contributed by atoms with Gasteiger partial charge in [-0.3, -0.25) is 4.79 Å². The largest absolute Gasteiger partial charge is 0.550 e. The highest BCUT2D eigenvalue weighted by atomic mass is 16.4. The van der Waals surface area contributed by atoms with Gasteiger partial charge in [0.1, 0.15) is 6.54 Å². The zero-order valence-corrected chi connectivity index (χ0v) is 18.9. The van der Waals surface area contributed by atoms with E-state index in [1.165, 1.54) is 64.2 Å². The van der Waals surface area contributed by atoms with E-state index < -0.39 is 18.0 Å². The predicted molar refractivity (Wildman–Crippen MR) is 113 cm³/mol. The molecule has 0 rings (SSSR count). The number of ketones is 1. The Morgan fingerprint density at radius 2 is 1.18 bits per heavy atom. The van der Waals surface area contributed by atoms with E-state index >= 15 is 0 Å². The van der Waals surface area contributed by atoms with Gasteiger partial charge in [0.2, 0.25) is 0 Å². The van der Waals surface area contributed by atoms with E-state index in [0.29, 0.717) is 10.9 Å². The molecule has 166 valence electrons. The molecule has 0 saturated heterocycles. The van der Waals surface area contributed by atoms with Crippen LogP contribution in [0.25, 0.3) is 0 Å². The van der Waals surface area contributed by atoms with E-state index in [-0.39, 0.29) is 18.7 Å². The number of Topliss-reactive ketones (excluding diaryl/α,β-unsaturated/α-hetero) is 1. The average molecular weight is 400 g/mol. The fourth-order valence-corrected chi connectivity index (χ4v) is 3.80. The van der Waals surface area contributed by atoms with Gasteiger partial charge < -0.3 is 19.5 Å². The highest BCUT2D eigenvalue weighted by molar-refractivity contribution is 5.90. The van der Waals surface area contributed by atoms with Crippen LogP contribution in [0.1, 0.15) is 103 Å². The van der Waals surface area contributed by atoms with Crippen molar-refractivity contribution in [2.75, 3.05) is 27.7 Å². The van der Waals surface area contributed by atoms with Crippen molar-refractivity contribution >= 4 is 11.8 Å². The summed E-state index contributed by atoms with van der Waals surface area (Å²) in [5.74, 6) is -1.75. The summed E-state index contributed by atoms with van der Waals surface area (Å²) in [6.45, 7) is 2.33. The first-order chi connectivity index (χ1) is 13.1. The number of hydrogen-bond acceptors (Lipinski definition) is 4. The van der Waals surface area contributed by atoms with Crippen molar-refractivity contribution in [1.29, 1.82) is 0 Å². The summed E-state index contributed by atoms with van der Waals surface area (Å²) in [6, 6.07) is 0. The van der Waals surface area contributed by atoms with Crippen molar-refractivity contribution in [2.45, 2.75) is 109 Å². The molecule has 0 aromatic heterocycles. The predicted octanol–water partition coefficient (Wildman–Crippen LogP) is 3.61. The molecule has 1 N–H and O–H groups in total. The number of likely N-dealkylation sites (N-methyl/N-ethyl adjacent to an activating group) is 1. The van der Waals surface area contributed by atoms with Crippen molar-refractivity contribution in [3.05, 3.63) is 0 Å². The van der Waals surface area contributed by atoms with Crippen molar-refractivity contribution in [1.82, 2.24) is 0 Å². The minimum Gasteiger partial charge on any atom is -0.550 e. The summed E-state index contributed by atoms with van der Waals surface area (Å²) < 4.78 is 0.328. The number of carboxylic acid groups (broad SMARTS) is 1. The maximum absolute atomic E-state index is 12.4. The average Bonchev–Trinajstić information content (AvgIpc) is 2.56. The first-order valence-corrected chi connectivity index (χ1v) is 11.4. The second kappa shape index (κ2) is 15.0. The highest BCUT2D eigenvalue weighted by Gasteiger charge is 2.40. The quantitative estimate of drug-likeness (QED) is 0.266. The number of aliphatic hydroxyl groups is 1. The molecule has 0 heterocycles. The van der Waals surface area contributed by atoms with Crippen LogP contribution in [0, 0.1) is 0 Å². The first kappa shape index (κ1) is 27.1. The number of carbonyl (C=O) groups is 2. The Morgan fingerprint density at radius 3 is 1.54 bits per heavy atom. The van der Waals surface area contributed by atoms with Crippen LogP contribution in [-0.2, 0) is 9.59 Å². The summed E-state index contributed by atoms with van der Waals surface area (Å²) in [7, 11) is 5.50. The summed E-state index contributed by atoms with van der Waals surface area (Å²) in [6.07, 6.45) is 15.6. The number of hydrogen-bond donors (Lipinski definition) is 1. The van der Waals surface area contributed by atoms with Gasteiger partial charge in [0.25, 0.3) is 0 Å². The van der Waals surface area contributed by atoms with E-state index in [0.717, 1.165) is 12.8 Å². The Bertz CT molecular complexity index is 431. The number of aliphatic carboxylic acids is 1. The zero-order chi connectivity index (χ0) is 21.5. The van der Waals surface area contributed by atoms with Gasteiger partial charge in [-0.15, -0.1) is 0 Å². The molecule has 0 aliphatic carbocycles. The van der Waals surface area contributed by atoms with Crippen LogP contribution in [0.2, 0.25) is 0 Å². The number of nitrogens with zero attached hydrogens (tertiary/aromatic N) is 1. The second-order valence-electron chi connectivity index (χ2n) is 9.44. The van der Waals surface area contributed by atoms with E-state index in [4.69, 9.17) is 0 Å². The molecule has 5 heteroatoms. The lowest BCUT2D eigenvalue weighted by Gasteiger charge is -2.34. The molecule has 0 saturated carbocycles. The van der Waals surface area contributed by atoms with Gasteiger partial charge in [-0.1, -0.05) is 84.0 Å². The molecule has 0 amide bonds. The minimum absolute atomic E-state index is 0.0816. The molecule has 0 aliphatic heterocycles. The molecule has 0 aliphatic rings. The summed E-state index contributed by atoms with van der Waals surface area (Å²) in [5, 5.41) is 21.6. The zero-order valence-electron chi connectivity index (χ0n) is 18.9. The molecular weight excluding hydrogens is 354 g/mol. The smallest absolute Gasteiger partial charge is 0.177 e. The molecule has 0 spiro atoms. The molecule has 0 aromatic carbocycles. The normalized spacial score (nSPS) is 14.0. The van der Waals surface area contributed by atoms with Crippen LogP contribution in [0.15, 0.2) is 0 Å². The summed E-state index contributed by atoms with van der Waals surface area (Å²) >= 11 is 0. The number of unbranched alkanes of at least 4 members (excludes halogenated alkanes) is 12. The molecule has 5 nitrogen and oxygen atoms in total. The third-order valence-corrected chi connectivity index (χ3v) is 5.20. The van der Waals surface area contributed by atoms with Crippen LogP contribution < -0.4 is 5.11 Å². The number of rotatable bonds is 19. The van der Waals surface area contributed by atoms with Crippen LogP contribution in [0.3, 0.4) is 0 Å². The number of quaternary nitrogens is 1. The maximum Gasteiger partial charge on any atom is 0.177 e. The van der Waals surface area contributed by atoms with E-state index in [1.807, 2.05) is 21.1 Å². The third kappa shape index (κ3) is 15.0. The van der Waals surface area contributed by atoms with Crippen LogP contribution >= 0.6 is 0 Å². The summed E-state index contributed by atoms with van der Waals surface area (Å²) in [5.41, 5.74) is -1.83. The van der Waals surface area contributed by atoms with Gasteiger partial charge in [-0.25, -0.2) is 0 Å². The second-order valence-corrected chi connectivity index (χ2v) is 9.44. The molecular formula is C23H45NO4. The monoisotopic (exact) mass is 399 g/mol. The van der Waals surface area contributed by atoms with Crippen LogP contribution in [-0.4, -0.2) is 54.6 Å². The van der Waals surface area contributed by atoms with Gasteiger partial charge >= 0.3 is 0 Å². The van der Waals surface area contributed by atoms with Crippen molar-refractivity contribution in [3.8, 4) is 0 Å². The van der Waals surface area contributed by atoms with Crippen molar-refractivity contribution in [3.63, 3.8) is 0 Å². The van der Waals surface area contributed by atoms with Crippen molar-refractivity contribution < 1.29 is 24.3 Å². The Labute approximate surface area is 173 Å². The van der Waals surface area contributed by atoms with Gasteiger partial charge in [-0.05, 0) is 6.42 Å². The van der Waals surface area contributed by atoms with E-state index in [2.05, 4.69) is 6.92 Å². The highest BCUT2D eigenvalue weighted by Crippen LogP contribution is 2.20. The molecule has 0 bridgehead atoms. The van der Waals surface area contributed by atoms with Gasteiger partial charge in [0.05, 0.1) is 21.1 Å². The van der Waals surface area contributed by atoms with E-state index in [1.54, 1.807) is 0 Å². The standard InChI is InChI=1S/C23H45NO4/c1-5-6-7-8-9-10-11-12-13-14-15-16-17-18-21(25)23(28,19-22(26)27)20-24(2,3)4/h28H,5-20H2,1-4H3. The molecule has 28 heavy (non-hydrogen) atoms. The Kier molecular flexibility index (Phi) is 14.5. The molecule has 0 fully saturated rings. The number of carboxylic acids is 1. The van der Waals surface area contributed by atoms with Crippen LogP contribution in [0.4, 0.5) is 0 Å². The lowest BCUT2D eigenvalue weighted by atomic mass is 9.89. The van der Waals surface area contributed by atoms with Gasteiger partial charge in [0, 0.05) is 18.8 Å². The minimum atomic E-state index is -1.83. The number of carbonyl (C=O) groups excluding carboxylic acids is 2. The third-order valence-electron chi connectivity index (χ3n) is 5.20. The molecule has 1 unspecified atom stereocenters. The Hall–Kier alpha value is -0.940. The van der Waals surface area contributed by atoms with Gasteiger partial charge in [-0.2, -0.15) is 0 Å². The van der Waals surface area contributed by atoms with Gasteiger partial charge in [0.15, 0.2) is 11.4 Å². The molecule has 1 atom stereocenters. The Morgan fingerprint density at radius 1 is 0.786 bits per heavy atom. The molecule has 0 aromatic rings.